The quantitative estimate of drug-likeness (QED) is 0.400. The van der Waals surface area contributed by atoms with Gasteiger partial charge in [0, 0.05) is 37.0 Å². The zero-order chi connectivity index (χ0) is 18.4. The number of aryl methyl sites for hydroxylation is 1. The monoisotopic (exact) mass is 368 g/mol. The summed E-state index contributed by atoms with van der Waals surface area (Å²) in [5, 5.41) is 6.02. The van der Waals surface area contributed by atoms with Crippen molar-refractivity contribution in [3.05, 3.63) is 62.7 Å². The maximum Gasteiger partial charge on any atom is 0.330 e. The van der Waals surface area contributed by atoms with Crippen molar-refractivity contribution in [3.63, 3.8) is 0 Å². The van der Waals surface area contributed by atoms with Gasteiger partial charge in [0.2, 0.25) is 0 Å². The first-order valence-corrected chi connectivity index (χ1v) is 8.95. The highest BCUT2D eigenvalue weighted by Gasteiger charge is 2.13. The van der Waals surface area contributed by atoms with E-state index in [1.54, 1.807) is 11.6 Å². The van der Waals surface area contributed by atoms with E-state index >= 15 is 0 Å². The van der Waals surface area contributed by atoms with Crippen molar-refractivity contribution in [3.8, 4) is 0 Å². The van der Waals surface area contributed by atoms with Crippen LogP contribution < -0.4 is 11.2 Å². The van der Waals surface area contributed by atoms with E-state index in [-0.39, 0.29) is 11.2 Å². The molecule has 0 bridgehead atoms. The molecule has 0 N–H and O–H groups in total. The van der Waals surface area contributed by atoms with Crippen molar-refractivity contribution in [1.29, 1.82) is 0 Å². The van der Waals surface area contributed by atoms with Crippen LogP contribution in [0.15, 0.2) is 45.1 Å². The molecule has 3 heterocycles. The van der Waals surface area contributed by atoms with E-state index in [0.29, 0.717) is 22.4 Å². The van der Waals surface area contributed by atoms with Crippen LogP contribution in [-0.2, 0) is 19.8 Å². The minimum Gasteiger partial charge on any atom is -0.300 e. The Bertz CT molecular complexity index is 1270. The summed E-state index contributed by atoms with van der Waals surface area (Å²) in [6.07, 6.45) is 0. The lowest BCUT2D eigenvalue weighted by molar-refractivity contribution is 0.664. The van der Waals surface area contributed by atoms with Crippen LogP contribution in [0.2, 0.25) is 0 Å². The van der Waals surface area contributed by atoms with Gasteiger partial charge in [0.15, 0.2) is 10.8 Å². The first-order valence-electron chi connectivity index (χ1n) is 7.96. The molecule has 0 saturated heterocycles. The molecular weight excluding hydrogens is 352 g/mol. The van der Waals surface area contributed by atoms with E-state index < -0.39 is 0 Å². The molecule has 0 radical (unpaired) electrons. The molecule has 0 aliphatic rings. The molecule has 3 aromatic heterocycles. The lowest BCUT2D eigenvalue weighted by Gasteiger charge is -2.10. The average molecular weight is 368 g/mol. The molecule has 0 amide bonds. The SMILES string of the molecule is Cc1nc2c3ccccc3nc(SCc3cc(=O)n(C)c(=O)n3C)n2n1. The van der Waals surface area contributed by atoms with Gasteiger partial charge in [-0.2, -0.15) is 4.52 Å². The van der Waals surface area contributed by atoms with Gasteiger partial charge in [-0.15, -0.1) is 5.10 Å². The standard InChI is InChI=1S/C17H16N6O2S/c1-10-18-15-12-6-4-5-7-13(12)19-16(23(15)20-10)26-9-11-8-14(24)22(3)17(25)21(11)2/h4-8H,9H2,1-3H3. The summed E-state index contributed by atoms with van der Waals surface area (Å²) in [7, 11) is 3.12. The number of thioether (sulfide) groups is 1. The Morgan fingerprint density at radius 3 is 2.65 bits per heavy atom. The third kappa shape index (κ3) is 2.60. The first kappa shape index (κ1) is 16.5. The van der Waals surface area contributed by atoms with E-state index in [1.165, 1.54) is 29.4 Å². The Balaban J connectivity index is 1.80. The van der Waals surface area contributed by atoms with Crippen LogP contribution in [0, 0.1) is 6.92 Å². The van der Waals surface area contributed by atoms with Crippen LogP contribution in [-0.4, -0.2) is 28.7 Å². The minimum atomic E-state index is -0.346. The highest BCUT2D eigenvalue weighted by atomic mass is 32.2. The van der Waals surface area contributed by atoms with E-state index in [9.17, 15) is 9.59 Å². The second-order valence-corrected chi connectivity index (χ2v) is 6.91. The van der Waals surface area contributed by atoms with Gasteiger partial charge in [-0.3, -0.25) is 13.9 Å². The maximum atomic E-state index is 12.1. The number of fused-ring (bicyclic) bond motifs is 3. The van der Waals surface area contributed by atoms with Crippen LogP contribution in [0.1, 0.15) is 11.5 Å². The molecule has 1 aromatic carbocycles. The maximum absolute atomic E-state index is 12.1. The molecule has 0 saturated carbocycles. The Labute approximate surface area is 152 Å². The van der Waals surface area contributed by atoms with Gasteiger partial charge in [-0.05, 0) is 19.1 Å². The number of para-hydroxylation sites is 1. The zero-order valence-electron chi connectivity index (χ0n) is 14.5. The Morgan fingerprint density at radius 1 is 1.08 bits per heavy atom. The third-order valence-corrected chi connectivity index (χ3v) is 5.19. The third-order valence-electron chi connectivity index (χ3n) is 4.23. The topological polar surface area (TPSA) is 87.1 Å². The molecule has 9 heteroatoms. The molecule has 26 heavy (non-hydrogen) atoms. The van der Waals surface area contributed by atoms with Crippen molar-refractivity contribution in [2.75, 3.05) is 0 Å². The largest absolute Gasteiger partial charge is 0.330 e. The molecule has 0 aliphatic heterocycles. The molecule has 0 spiro atoms. The Kier molecular flexibility index (Phi) is 3.87. The van der Waals surface area contributed by atoms with E-state index in [2.05, 4.69) is 15.1 Å². The molecule has 4 rings (SSSR count). The predicted molar refractivity (Wildman–Crippen MR) is 99.5 cm³/mol. The van der Waals surface area contributed by atoms with Crippen molar-refractivity contribution in [2.45, 2.75) is 17.8 Å². The molecule has 0 aliphatic carbocycles. The van der Waals surface area contributed by atoms with Crippen LogP contribution in [0.25, 0.3) is 16.6 Å². The summed E-state index contributed by atoms with van der Waals surface area (Å²) < 4.78 is 4.27. The zero-order valence-corrected chi connectivity index (χ0v) is 15.3. The molecule has 4 aromatic rings. The summed E-state index contributed by atoms with van der Waals surface area (Å²) in [5.74, 6) is 1.08. The van der Waals surface area contributed by atoms with Gasteiger partial charge in [-0.1, -0.05) is 23.9 Å². The first-order chi connectivity index (χ1) is 12.5. The number of rotatable bonds is 3. The second-order valence-electron chi connectivity index (χ2n) is 5.97. The van der Waals surface area contributed by atoms with Gasteiger partial charge >= 0.3 is 5.69 Å². The average Bonchev–Trinajstić information content (AvgIpc) is 3.03. The number of hydrogen-bond acceptors (Lipinski definition) is 6. The lowest BCUT2D eigenvalue weighted by atomic mass is 10.2. The second kappa shape index (κ2) is 6.10. The minimum absolute atomic E-state index is 0.322. The number of benzene rings is 1. The fourth-order valence-corrected chi connectivity index (χ4v) is 3.75. The Morgan fingerprint density at radius 2 is 1.85 bits per heavy atom. The van der Waals surface area contributed by atoms with Crippen molar-refractivity contribution >= 4 is 28.3 Å². The lowest BCUT2D eigenvalue weighted by Crippen LogP contribution is -2.37. The number of aromatic nitrogens is 6. The summed E-state index contributed by atoms with van der Waals surface area (Å²) in [5.41, 5.74) is 1.53. The molecular formula is C17H16N6O2S. The van der Waals surface area contributed by atoms with Gasteiger partial charge in [0.1, 0.15) is 5.82 Å². The molecule has 132 valence electrons. The van der Waals surface area contributed by atoms with E-state index in [0.717, 1.165) is 21.1 Å². The fourth-order valence-electron chi connectivity index (χ4n) is 2.78. The van der Waals surface area contributed by atoms with E-state index in [1.807, 2.05) is 31.2 Å². The molecule has 0 atom stereocenters. The predicted octanol–water partition coefficient (Wildman–Crippen LogP) is 1.28. The Hall–Kier alpha value is -2.94. The van der Waals surface area contributed by atoms with Crippen molar-refractivity contribution < 1.29 is 0 Å². The molecule has 0 fully saturated rings. The normalized spacial score (nSPS) is 11.5. The number of nitrogens with zero attached hydrogens (tertiary/aromatic N) is 6. The highest BCUT2D eigenvalue weighted by Crippen LogP contribution is 2.25. The van der Waals surface area contributed by atoms with Crippen molar-refractivity contribution in [2.24, 2.45) is 14.1 Å². The molecule has 8 nitrogen and oxygen atoms in total. The van der Waals surface area contributed by atoms with Gasteiger partial charge < -0.3 is 0 Å². The molecule has 0 unspecified atom stereocenters. The smallest absolute Gasteiger partial charge is 0.300 e. The fraction of sp³-hybridized carbons (Fsp3) is 0.235. The van der Waals surface area contributed by atoms with Crippen LogP contribution in [0.3, 0.4) is 0 Å². The highest BCUT2D eigenvalue weighted by molar-refractivity contribution is 7.98. The van der Waals surface area contributed by atoms with Gasteiger partial charge in [0.25, 0.3) is 5.56 Å². The van der Waals surface area contributed by atoms with Gasteiger partial charge in [-0.25, -0.2) is 14.8 Å². The summed E-state index contributed by atoms with van der Waals surface area (Å²) in [6, 6.07) is 9.23. The van der Waals surface area contributed by atoms with Crippen LogP contribution in [0.4, 0.5) is 0 Å². The van der Waals surface area contributed by atoms with Crippen LogP contribution in [0.5, 0.6) is 0 Å². The summed E-state index contributed by atoms with van der Waals surface area (Å²) in [6.45, 7) is 1.83. The number of hydrogen-bond donors (Lipinski definition) is 0. The van der Waals surface area contributed by atoms with Gasteiger partial charge in [0.05, 0.1) is 5.52 Å². The summed E-state index contributed by atoms with van der Waals surface area (Å²) >= 11 is 1.41. The summed E-state index contributed by atoms with van der Waals surface area (Å²) in [4.78, 5) is 33.2. The van der Waals surface area contributed by atoms with Crippen LogP contribution >= 0.6 is 11.8 Å². The van der Waals surface area contributed by atoms with Crippen molar-refractivity contribution in [1.82, 2.24) is 28.7 Å². The van der Waals surface area contributed by atoms with E-state index in [4.69, 9.17) is 0 Å².